The van der Waals surface area contributed by atoms with Crippen molar-refractivity contribution in [2.24, 2.45) is 5.41 Å². The second kappa shape index (κ2) is 10.8. The Hall–Kier alpha value is -3.20. The van der Waals surface area contributed by atoms with Crippen LogP contribution in [0.15, 0.2) is 22.7 Å². The third-order valence-corrected chi connectivity index (χ3v) is 7.54. The van der Waals surface area contributed by atoms with Crippen LogP contribution >= 0.6 is 0 Å². The minimum Gasteiger partial charge on any atom is -0.460 e. The maximum absolute atomic E-state index is 11.9. The Morgan fingerprint density at radius 2 is 2.05 bits per heavy atom. The molecular weight excluding hydrogens is 492 g/mol. The molecule has 39 heavy (non-hydrogen) atoms. The van der Waals surface area contributed by atoms with Gasteiger partial charge in [-0.15, -0.1) is 0 Å². The molecular formula is C30H42N6O3. The second-order valence-electron chi connectivity index (χ2n) is 12.6. The average Bonchev–Trinajstić information content (AvgIpc) is 3.49. The van der Waals surface area contributed by atoms with Crippen LogP contribution in [-0.4, -0.2) is 44.6 Å². The lowest BCUT2D eigenvalue weighted by molar-refractivity contribution is -0.154. The monoisotopic (exact) mass is 534 g/mol. The number of anilines is 2. The van der Waals surface area contributed by atoms with E-state index in [2.05, 4.69) is 59.0 Å². The van der Waals surface area contributed by atoms with Gasteiger partial charge in [-0.25, -0.2) is 0 Å². The predicted octanol–water partition coefficient (Wildman–Crippen LogP) is 5.37. The van der Waals surface area contributed by atoms with Gasteiger partial charge in [-0.05, 0) is 87.6 Å². The topological polar surface area (TPSA) is 98.3 Å². The zero-order valence-corrected chi connectivity index (χ0v) is 24.3. The van der Waals surface area contributed by atoms with Gasteiger partial charge in [0.25, 0.3) is 11.8 Å². The molecule has 0 spiro atoms. The highest BCUT2D eigenvalue weighted by Crippen LogP contribution is 2.39. The second-order valence-corrected chi connectivity index (χ2v) is 12.6. The van der Waals surface area contributed by atoms with Crippen LogP contribution in [0.1, 0.15) is 83.2 Å². The number of hydrogen-bond acceptors (Lipinski definition) is 8. The van der Waals surface area contributed by atoms with Gasteiger partial charge >= 0.3 is 5.97 Å². The molecule has 0 amide bonds. The summed E-state index contributed by atoms with van der Waals surface area (Å²) in [5.74, 6) is 0.914. The minimum absolute atomic E-state index is 0.179. The van der Waals surface area contributed by atoms with Crippen LogP contribution in [0.5, 0.6) is 0 Å². The number of rotatable bonds is 8. The first-order valence-electron chi connectivity index (χ1n) is 14.3. The molecule has 0 unspecified atom stereocenters. The molecule has 1 aliphatic heterocycles. The molecule has 210 valence electrons. The van der Waals surface area contributed by atoms with E-state index in [0.717, 1.165) is 56.6 Å². The number of aryl methyl sites for hydroxylation is 2. The Labute approximate surface area is 231 Å². The van der Waals surface area contributed by atoms with E-state index in [1.165, 1.54) is 22.4 Å². The lowest BCUT2D eigenvalue weighted by Gasteiger charge is -2.30. The van der Waals surface area contributed by atoms with E-state index >= 15 is 0 Å². The van der Waals surface area contributed by atoms with Crippen LogP contribution < -0.4 is 10.2 Å². The van der Waals surface area contributed by atoms with Crippen LogP contribution in [0.3, 0.4) is 0 Å². The minimum atomic E-state index is -0.450. The van der Waals surface area contributed by atoms with Gasteiger partial charge in [-0.2, -0.15) is 10.1 Å². The summed E-state index contributed by atoms with van der Waals surface area (Å²) in [6.07, 6.45) is 5.50. The highest BCUT2D eigenvalue weighted by atomic mass is 16.6. The number of aromatic nitrogens is 4. The molecule has 0 saturated heterocycles. The van der Waals surface area contributed by atoms with Gasteiger partial charge in [0.05, 0.1) is 6.42 Å². The molecule has 5 rings (SSSR count). The molecule has 0 saturated carbocycles. The third kappa shape index (κ3) is 6.19. The zero-order valence-electron chi connectivity index (χ0n) is 24.3. The van der Waals surface area contributed by atoms with Gasteiger partial charge in [0, 0.05) is 43.1 Å². The highest BCUT2D eigenvalue weighted by Gasteiger charge is 2.33. The number of carbonyl (C=O) groups is 1. The maximum atomic E-state index is 11.9. The largest absolute Gasteiger partial charge is 0.460 e. The molecule has 1 aromatic carbocycles. The molecule has 0 radical (unpaired) electrons. The van der Waals surface area contributed by atoms with Gasteiger partial charge in [-0.1, -0.05) is 26.0 Å². The predicted molar refractivity (Wildman–Crippen MR) is 151 cm³/mol. The molecule has 3 heterocycles. The number of carbonyl (C=O) groups excluding carboxylic acids is 1. The molecule has 0 fully saturated rings. The Balaban J connectivity index is 1.27. The van der Waals surface area contributed by atoms with E-state index in [1.54, 1.807) is 0 Å². The summed E-state index contributed by atoms with van der Waals surface area (Å²) in [6, 6.07) is 6.51. The van der Waals surface area contributed by atoms with Crippen molar-refractivity contribution in [3.8, 4) is 11.6 Å². The first-order chi connectivity index (χ1) is 18.5. The molecule has 0 atom stereocenters. The van der Waals surface area contributed by atoms with Gasteiger partial charge in [0.15, 0.2) is 5.69 Å². The number of ether oxygens (including phenoxy) is 1. The smallest absolute Gasteiger partial charge is 0.307 e. The van der Waals surface area contributed by atoms with E-state index in [4.69, 9.17) is 19.3 Å². The van der Waals surface area contributed by atoms with E-state index in [-0.39, 0.29) is 11.4 Å². The molecule has 1 N–H and O–H groups in total. The first-order valence-corrected chi connectivity index (χ1v) is 14.3. The number of hydrogen-bond donors (Lipinski definition) is 1. The quantitative estimate of drug-likeness (QED) is 0.304. The summed E-state index contributed by atoms with van der Waals surface area (Å²) in [7, 11) is 0. The number of fused-ring (bicyclic) bond motifs is 2. The third-order valence-electron chi connectivity index (χ3n) is 7.54. The van der Waals surface area contributed by atoms with Crippen LogP contribution in [-0.2, 0) is 41.9 Å². The van der Waals surface area contributed by atoms with Crippen LogP contribution in [0.4, 0.5) is 11.6 Å². The van der Waals surface area contributed by atoms with E-state index in [9.17, 15) is 4.79 Å². The van der Waals surface area contributed by atoms with Crippen molar-refractivity contribution >= 4 is 17.6 Å². The Morgan fingerprint density at radius 3 is 2.82 bits per heavy atom. The van der Waals surface area contributed by atoms with Crippen LogP contribution in [0.2, 0.25) is 0 Å². The van der Waals surface area contributed by atoms with Gasteiger partial charge in [0.1, 0.15) is 5.60 Å². The molecule has 1 aliphatic carbocycles. The van der Waals surface area contributed by atoms with Crippen LogP contribution in [0, 0.1) is 5.41 Å². The van der Waals surface area contributed by atoms with E-state index < -0.39 is 5.60 Å². The molecule has 9 nitrogen and oxygen atoms in total. The summed E-state index contributed by atoms with van der Waals surface area (Å²) in [4.78, 5) is 18.9. The zero-order chi connectivity index (χ0) is 27.8. The van der Waals surface area contributed by atoms with Crippen molar-refractivity contribution < 1.29 is 14.1 Å². The van der Waals surface area contributed by atoms with Gasteiger partial charge < -0.3 is 19.5 Å². The standard InChI is InChI=1S/C30H42N6O3/c1-7-36-24-18-30(5,6)14-12-22(24)26(33-36)27-32-28(34-39-27)35-16-8-9-21-17-20(10-11-23(21)35)19-31-15-13-25(37)38-29(2,3)4/h10-11,17,31H,7-9,12-16,18-19H2,1-6H3. The Kier molecular flexibility index (Phi) is 7.55. The van der Waals surface area contributed by atoms with E-state index in [0.29, 0.717) is 31.3 Å². The average molecular weight is 535 g/mol. The summed E-state index contributed by atoms with van der Waals surface area (Å²) < 4.78 is 13.3. The van der Waals surface area contributed by atoms with Crippen molar-refractivity contribution in [3.05, 3.63) is 40.6 Å². The summed E-state index contributed by atoms with van der Waals surface area (Å²) in [6.45, 7) is 15.4. The van der Waals surface area contributed by atoms with Crippen LogP contribution in [0.25, 0.3) is 11.6 Å². The summed E-state index contributed by atoms with van der Waals surface area (Å²) >= 11 is 0. The van der Waals surface area contributed by atoms with E-state index in [1.807, 2.05) is 20.8 Å². The lowest BCUT2D eigenvalue weighted by Crippen LogP contribution is -2.27. The molecule has 3 aromatic rings. The normalized spacial score (nSPS) is 16.6. The van der Waals surface area contributed by atoms with Gasteiger partial charge in [-0.3, -0.25) is 9.48 Å². The fourth-order valence-corrected chi connectivity index (χ4v) is 5.64. The maximum Gasteiger partial charge on any atom is 0.307 e. The number of nitrogens with zero attached hydrogens (tertiary/aromatic N) is 5. The lowest BCUT2D eigenvalue weighted by atomic mass is 9.76. The number of nitrogens with one attached hydrogen (secondary N) is 1. The van der Waals surface area contributed by atoms with Crippen molar-refractivity contribution in [1.29, 1.82) is 0 Å². The Bertz CT molecular complexity index is 1330. The SMILES string of the molecule is CCn1nc(-c2nc(N3CCCc4cc(CNCCC(=O)OC(C)(C)C)ccc43)no2)c2c1CC(C)(C)CC2. The summed E-state index contributed by atoms with van der Waals surface area (Å²) in [5.41, 5.74) is 6.81. The number of benzene rings is 1. The molecule has 2 aliphatic rings. The fraction of sp³-hybridized carbons (Fsp3) is 0.600. The molecule has 2 aromatic heterocycles. The highest BCUT2D eigenvalue weighted by molar-refractivity contribution is 5.70. The number of esters is 1. The van der Waals surface area contributed by atoms with Gasteiger partial charge in [0.2, 0.25) is 0 Å². The first kappa shape index (κ1) is 27.4. The summed E-state index contributed by atoms with van der Waals surface area (Å²) in [5, 5.41) is 12.6. The molecule has 0 bridgehead atoms. The fourth-order valence-electron chi connectivity index (χ4n) is 5.64. The van der Waals surface area contributed by atoms with Crippen molar-refractivity contribution in [3.63, 3.8) is 0 Å². The van der Waals surface area contributed by atoms with Crippen molar-refractivity contribution in [1.82, 2.24) is 25.2 Å². The molecule has 9 heteroatoms. The Morgan fingerprint density at radius 1 is 1.23 bits per heavy atom. The van der Waals surface area contributed by atoms with Crippen molar-refractivity contribution in [2.45, 2.75) is 98.8 Å². The van der Waals surface area contributed by atoms with Crippen molar-refractivity contribution in [2.75, 3.05) is 18.0 Å².